The summed E-state index contributed by atoms with van der Waals surface area (Å²) in [4.78, 5) is 0. The number of allylic oxidation sites excluding steroid dienone is 4. The Kier molecular flexibility index (Phi) is 2.74. The molecule has 1 atom stereocenters. The van der Waals surface area contributed by atoms with Gasteiger partial charge in [0.2, 0.25) is 0 Å². The Morgan fingerprint density at radius 2 is 2.09 bits per heavy atom. The topological polar surface area (TPSA) is 0 Å². The number of hydrogen-bond donors (Lipinski definition) is 0. The van der Waals surface area contributed by atoms with Crippen molar-refractivity contribution >= 4 is 0 Å². The van der Waals surface area contributed by atoms with Crippen LogP contribution in [0.15, 0.2) is 23.8 Å². The van der Waals surface area contributed by atoms with E-state index in [1.54, 1.807) is 12.2 Å². The Hall–Kier alpha value is -0.730. The third-order valence-electron chi connectivity index (χ3n) is 1.58. The van der Waals surface area contributed by atoms with E-state index >= 15 is 0 Å². The molecular formula is C8H9F3. The van der Waals surface area contributed by atoms with Gasteiger partial charge in [-0.1, -0.05) is 23.8 Å². The fourth-order valence-corrected chi connectivity index (χ4v) is 0.983. The first kappa shape index (κ1) is 8.37. The molecule has 0 bridgehead atoms. The van der Waals surface area contributed by atoms with E-state index in [-0.39, 0.29) is 6.42 Å². The second kappa shape index (κ2) is 3.60. The van der Waals surface area contributed by atoms with Gasteiger partial charge in [0.1, 0.15) is 0 Å². The zero-order valence-corrected chi connectivity index (χ0v) is 5.93. The molecule has 0 heterocycles. The Labute approximate surface area is 63.4 Å². The maximum absolute atomic E-state index is 12.4. The van der Waals surface area contributed by atoms with Crippen LogP contribution in [-0.2, 0) is 0 Å². The highest BCUT2D eigenvalue weighted by molar-refractivity contribution is 5.23. The smallest absolute Gasteiger partial charge is 0.241 e. The van der Waals surface area contributed by atoms with E-state index in [4.69, 9.17) is 0 Å². The third kappa shape index (κ3) is 2.41. The van der Waals surface area contributed by atoms with Crippen molar-refractivity contribution in [3.8, 4) is 0 Å². The third-order valence-corrected chi connectivity index (χ3v) is 1.58. The number of rotatable bonds is 3. The summed E-state index contributed by atoms with van der Waals surface area (Å²) >= 11 is 0. The molecule has 0 saturated carbocycles. The molecule has 11 heavy (non-hydrogen) atoms. The highest BCUT2D eigenvalue weighted by atomic mass is 19.3. The average molecular weight is 162 g/mol. The number of halogens is 3. The molecule has 1 aliphatic rings. The summed E-state index contributed by atoms with van der Waals surface area (Å²) < 4.78 is 35.7. The lowest BCUT2D eigenvalue weighted by molar-refractivity contribution is 0.0502. The van der Waals surface area contributed by atoms with Crippen LogP contribution in [0.25, 0.3) is 0 Å². The fraction of sp³-hybridized carbons (Fsp3) is 0.500. The highest BCUT2D eigenvalue weighted by Crippen LogP contribution is 2.21. The van der Waals surface area contributed by atoms with Crippen molar-refractivity contribution in [2.75, 3.05) is 0 Å². The first-order valence-electron chi connectivity index (χ1n) is 3.47. The zero-order valence-electron chi connectivity index (χ0n) is 5.93. The van der Waals surface area contributed by atoms with Gasteiger partial charge in [0.05, 0.1) is 0 Å². The largest absolute Gasteiger partial charge is 0.269 e. The molecule has 62 valence electrons. The molecule has 0 aliphatic heterocycles. The maximum atomic E-state index is 12.4. The molecule has 3 heteroatoms. The summed E-state index contributed by atoms with van der Waals surface area (Å²) in [6, 6.07) is 0. The molecule has 1 aliphatic carbocycles. The van der Waals surface area contributed by atoms with Gasteiger partial charge < -0.3 is 0 Å². The molecule has 0 aromatic carbocycles. The van der Waals surface area contributed by atoms with Crippen molar-refractivity contribution in [1.82, 2.24) is 0 Å². The molecule has 0 amide bonds. The molecule has 0 spiro atoms. The quantitative estimate of drug-likeness (QED) is 0.598. The minimum Gasteiger partial charge on any atom is -0.241 e. The molecule has 0 nitrogen and oxygen atoms in total. The SMILES string of the molecule is FC(F)C(F)CC1=CC=CC1. The minimum absolute atomic E-state index is 0.134. The van der Waals surface area contributed by atoms with Crippen molar-refractivity contribution in [3.63, 3.8) is 0 Å². The van der Waals surface area contributed by atoms with Crippen LogP contribution >= 0.6 is 0 Å². The van der Waals surface area contributed by atoms with Gasteiger partial charge in [-0.05, 0) is 6.42 Å². The van der Waals surface area contributed by atoms with Gasteiger partial charge in [0.15, 0.2) is 6.17 Å². The van der Waals surface area contributed by atoms with Crippen molar-refractivity contribution < 1.29 is 13.2 Å². The van der Waals surface area contributed by atoms with Crippen LogP contribution in [0, 0.1) is 0 Å². The van der Waals surface area contributed by atoms with Crippen molar-refractivity contribution in [2.45, 2.75) is 25.4 Å². The van der Waals surface area contributed by atoms with Gasteiger partial charge in [-0.15, -0.1) is 0 Å². The Morgan fingerprint density at radius 3 is 2.55 bits per heavy atom. The van der Waals surface area contributed by atoms with E-state index in [0.717, 1.165) is 5.57 Å². The number of hydrogen-bond acceptors (Lipinski definition) is 0. The monoisotopic (exact) mass is 162 g/mol. The molecule has 0 aromatic heterocycles. The van der Waals surface area contributed by atoms with Crippen LogP contribution in [0.4, 0.5) is 13.2 Å². The highest BCUT2D eigenvalue weighted by Gasteiger charge is 2.20. The fourth-order valence-electron chi connectivity index (χ4n) is 0.983. The zero-order chi connectivity index (χ0) is 8.27. The standard InChI is InChI=1S/C8H9F3/c9-7(8(10)11)5-6-3-1-2-4-6/h1-3,7-8H,4-5H2. The molecule has 0 aromatic rings. The summed E-state index contributed by atoms with van der Waals surface area (Å²) in [5.74, 6) is 0. The van der Waals surface area contributed by atoms with Crippen molar-refractivity contribution in [1.29, 1.82) is 0 Å². The van der Waals surface area contributed by atoms with Gasteiger partial charge in [-0.25, -0.2) is 13.2 Å². The first-order chi connectivity index (χ1) is 5.20. The Morgan fingerprint density at radius 1 is 1.36 bits per heavy atom. The molecular weight excluding hydrogens is 153 g/mol. The minimum atomic E-state index is -2.85. The summed E-state index contributed by atoms with van der Waals surface area (Å²) in [7, 11) is 0. The van der Waals surface area contributed by atoms with E-state index in [0.29, 0.717) is 6.42 Å². The maximum Gasteiger partial charge on any atom is 0.269 e. The molecule has 0 N–H and O–H groups in total. The lowest BCUT2D eigenvalue weighted by Gasteiger charge is -2.06. The predicted molar refractivity (Wildman–Crippen MR) is 37.4 cm³/mol. The van der Waals surface area contributed by atoms with Gasteiger partial charge in [0.25, 0.3) is 6.43 Å². The molecule has 1 rings (SSSR count). The summed E-state index contributed by atoms with van der Waals surface area (Å²) in [6.07, 6.45) is 0.908. The molecule has 0 fully saturated rings. The second-order valence-electron chi connectivity index (χ2n) is 2.51. The van der Waals surface area contributed by atoms with E-state index in [1.807, 2.05) is 6.08 Å². The van der Waals surface area contributed by atoms with Crippen LogP contribution in [0.2, 0.25) is 0 Å². The van der Waals surface area contributed by atoms with Crippen LogP contribution in [-0.4, -0.2) is 12.6 Å². The van der Waals surface area contributed by atoms with E-state index < -0.39 is 12.6 Å². The van der Waals surface area contributed by atoms with Gasteiger partial charge in [-0.2, -0.15) is 0 Å². The molecule has 1 unspecified atom stereocenters. The van der Waals surface area contributed by atoms with E-state index in [1.165, 1.54) is 0 Å². The predicted octanol–water partition coefficient (Wildman–Crippen LogP) is 2.87. The van der Waals surface area contributed by atoms with Crippen molar-refractivity contribution in [3.05, 3.63) is 23.8 Å². The normalized spacial score (nSPS) is 19.1. The summed E-state index contributed by atoms with van der Waals surface area (Å²) in [6.45, 7) is 0. The lowest BCUT2D eigenvalue weighted by Crippen LogP contribution is -2.12. The van der Waals surface area contributed by atoms with Gasteiger partial charge >= 0.3 is 0 Å². The summed E-state index contributed by atoms with van der Waals surface area (Å²) in [5, 5.41) is 0. The average Bonchev–Trinajstić information content (AvgIpc) is 2.39. The van der Waals surface area contributed by atoms with Crippen LogP contribution in [0.5, 0.6) is 0 Å². The first-order valence-corrected chi connectivity index (χ1v) is 3.47. The van der Waals surface area contributed by atoms with Crippen LogP contribution < -0.4 is 0 Å². The summed E-state index contributed by atoms with van der Waals surface area (Å²) in [5.41, 5.74) is 0.748. The second-order valence-corrected chi connectivity index (χ2v) is 2.51. The van der Waals surface area contributed by atoms with Crippen molar-refractivity contribution in [2.24, 2.45) is 0 Å². The van der Waals surface area contributed by atoms with Crippen LogP contribution in [0.1, 0.15) is 12.8 Å². The number of alkyl halides is 3. The van der Waals surface area contributed by atoms with Crippen LogP contribution in [0.3, 0.4) is 0 Å². The molecule has 0 radical (unpaired) electrons. The van der Waals surface area contributed by atoms with Gasteiger partial charge in [0, 0.05) is 6.42 Å². The Balaban J connectivity index is 2.31. The van der Waals surface area contributed by atoms with Gasteiger partial charge in [-0.3, -0.25) is 0 Å². The van der Waals surface area contributed by atoms with E-state index in [9.17, 15) is 13.2 Å². The lowest BCUT2D eigenvalue weighted by atomic mass is 10.1. The molecule has 0 saturated heterocycles. The van der Waals surface area contributed by atoms with E-state index in [2.05, 4.69) is 0 Å². The Bertz CT molecular complexity index is 182.